The Morgan fingerprint density at radius 3 is 2.59 bits per heavy atom. The molecule has 0 aromatic carbocycles. The number of hydrogen-bond acceptors (Lipinski definition) is 5. The fourth-order valence-corrected chi connectivity index (χ4v) is 12.8. The van der Waals surface area contributed by atoms with Crippen LogP contribution in [-0.2, 0) is 19.1 Å². The van der Waals surface area contributed by atoms with Crippen molar-refractivity contribution in [3.8, 4) is 0 Å². The van der Waals surface area contributed by atoms with Gasteiger partial charge >= 0.3 is 11.9 Å². The summed E-state index contributed by atoms with van der Waals surface area (Å²) in [5.41, 5.74) is -0.0154. The van der Waals surface area contributed by atoms with Crippen molar-refractivity contribution < 1.29 is 19.1 Å². The SMILES string of the molecule is CC(=O)OC1CCC2(C)OC(=O)C1(C)C2CCC12C3C(C(C)C)CCC1(C)C1CC[C@@]4(CCC[C@@H]24)N3C1. The number of hydrogen-bond donors (Lipinski definition) is 0. The number of carbonyl (C=O) groups is 2. The van der Waals surface area contributed by atoms with Crippen LogP contribution in [0.2, 0.25) is 0 Å². The molecule has 5 nitrogen and oxygen atoms in total. The second-order valence-corrected chi connectivity index (χ2v) is 15.5. The molecule has 37 heavy (non-hydrogen) atoms. The molecule has 4 aliphatic heterocycles. The van der Waals surface area contributed by atoms with Crippen LogP contribution in [0, 0.1) is 45.8 Å². The fourth-order valence-electron chi connectivity index (χ4n) is 12.8. The van der Waals surface area contributed by atoms with Gasteiger partial charge in [0.15, 0.2) is 0 Å². The molecule has 206 valence electrons. The monoisotopic (exact) mass is 511 g/mol. The van der Waals surface area contributed by atoms with Crippen molar-refractivity contribution >= 4 is 11.9 Å². The van der Waals surface area contributed by atoms with Crippen molar-refractivity contribution in [3.63, 3.8) is 0 Å². The highest BCUT2D eigenvalue weighted by atomic mass is 16.6. The first-order valence-corrected chi connectivity index (χ1v) is 15.6. The first kappa shape index (κ1) is 24.9. The molecule has 0 aromatic heterocycles. The van der Waals surface area contributed by atoms with Gasteiger partial charge in [-0.2, -0.15) is 0 Å². The largest absolute Gasteiger partial charge is 0.461 e. The van der Waals surface area contributed by atoms with Gasteiger partial charge in [0, 0.05) is 31.0 Å². The zero-order valence-corrected chi connectivity index (χ0v) is 24.1. The highest BCUT2D eigenvalue weighted by Gasteiger charge is 2.80. The van der Waals surface area contributed by atoms with Crippen LogP contribution in [0.25, 0.3) is 0 Å². The van der Waals surface area contributed by atoms with Gasteiger partial charge in [-0.3, -0.25) is 14.5 Å². The molecule has 0 aromatic rings. The van der Waals surface area contributed by atoms with Crippen LogP contribution in [0.1, 0.15) is 112 Å². The molecule has 4 saturated heterocycles. The third kappa shape index (κ3) is 2.72. The molecule has 1 spiro atoms. The average Bonchev–Trinajstić information content (AvgIpc) is 3.35. The molecule has 3 aliphatic carbocycles. The summed E-state index contributed by atoms with van der Waals surface area (Å²) in [6.45, 7) is 14.7. The van der Waals surface area contributed by atoms with Crippen LogP contribution in [0.5, 0.6) is 0 Å². The minimum absolute atomic E-state index is 0.104. The second-order valence-electron chi connectivity index (χ2n) is 15.5. The predicted molar refractivity (Wildman–Crippen MR) is 142 cm³/mol. The molecule has 3 saturated carbocycles. The van der Waals surface area contributed by atoms with Gasteiger partial charge in [-0.25, -0.2) is 0 Å². The first-order valence-electron chi connectivity index (χ1n) is 15.6. The Hall–Kier alpha value is -1.10. The average molecular weight is 512 g/mol. The summed E-state index contributed by atoms with van der Waals surface area (Å²) in [7, 11) is 0. The number of esters is 2. The number of nitrogens with zero attached hydrogens (tertiary/aromatic N) is 1. The Labute approximate surface area is 223 Å². The van der Waals surface area contributed by atoms with Gasteiger partial charge in [0.2, 0.25) is 0 Å². The van der Waals surface area contributed by atoms with Crippen molar-refractivity contribution in [2.45, 2.75) is 135 Å². The molecule has 12 atom stereocenters. The zero-order chi connectivity index (χ0) is 26.2. The van der Waals surface area contributed by atoms with Crippen LogP contribution in [0.3, 0.4) is 0 Å². The molecule has 0 amide bonds. The van der Waals surface area contributed by atoms with Crippen molar-refractivity contribution in [2.24, 2.45) is 45.8 Å². The standard InChI is InChI=1S/C32H49NO4/c1-19(2)22-10-14-28(4)21-9-16-31-13-7-8-24(31)32(28,26(22)33(31)18-21)17-11-23-29(5)15-12-25(36-20(3)34)30(23,6)27(35)37-29/h19,21-26H,7-18H2,1-6H3/t21?,22?,23?,24-,25?,26?,28?,29?,30?,31-,32?/m1/s1. The molecule has 7 rings (SSSR count). The number of carbonyl (C=O) groups excluding carboxylic acids is 2. The summed E-state index contributed by atoms with van der Waals surface area (Å²) < 4.78 is 12.0. The van der Waals surface area contributed by atoms with Gasteiger partial charge in [0.1, 0.15) is 17.1 Å². The number of fused-ring (bicyclic) bond motifs is 4. The molecule has 10 unspecified atom stereocenters. The molecular formula is C32H49NO4. The van der Waals surface area contributed by atoms with E-state index in [1.165, 1.54) is 64.8 Å². The smallest absolute Gasteiger partial charge is 0.316 e. The summed E-state index contributed by atoms with van der Waals surface area (Å²) in [5, 5.41) is 0. The lowest BCUT2D eigenvalue weighted by Crippen LogP contribution is -2.68. The molecule has 4 heterocycles. The number of rotatable bonds is 5. The van der Waals surface area contributed by atoms with E-state index in [1.54, 1.807) is 0 Å². The van der Waals surface area contributed by atoms with Gasteiger partial charge in [0.25, 0.3) is 0 Å². The molecule has 0 radical (unpaired) electrons. The Bertz CT molecular complexity index is 1030. The molecule has 7 bridgehead atoms. The highest BCUT2D eigenvalue weighted by molar-refractivity contribution is 5.82. The van der Waals surface area contributed by atoms with E-state index in [2.05, 4.69) is 39.5 Å². The zero-order valence-electron chi connectivity index (χ0n) is 24.1. The summed E-state index contributed by atoms with van der Waals surface area (Å²) in [6.07, 6.45) is 13.1. The van der Waals surface area contributed by atoms with E-state index in [1.807, 2.05) is 0 Å². The topological polar surface area (TPSA) is 55.8 Å². The van der Waals surface area contributed by atoms with E-state index in [-0.39, 0.29) is 24.0 Å². The lowest BCUT2D eigenvalue weighted by atomic mass is 9.41. The fraction of sp³-hybridized carbons (Fsp3) is 0.938. The Morgan fingerprint density at radius 1 is 1.08 bits per heavy atom. The van der Waals surface area contributed by atoms with E-state index >= 15 is 0 Å². The van der Waals surface area contributed by atoms with Crippen LogP contribution < -0.4 is 0 Å². The molecule has 7 aliphatic rings. The van der Waals surface area contributed by atoms with E-state index < -0.39 is 11.0 Å². The lowest BCUT2D eigenvalue weighted by Gasteiger charge is -2.67. The molecule has 7 fully saturated rings. The van der Waals surface area contributed by atoms with Crippen molar-refractivity contribution in [1.29, 1.82) is 0 Å². The minimum Gasteiger partial charge on any atom is -0.461 e. The highest BCUT2D eigenvalue weighted by Crippen LogP contribution is 2.79. The normalized spacial score (nSPS) is 56.9. The lowest BCUT2D eigenvalue weighted by molar-refractivity contribution is -0.187. The van der Waals surface area contributed by atoms with Crippen LogP contribution in [0.4, 0.5) is 0 Å². The maximum absolute atomic E-state index is 13.5. The van der Waals surface area contributed by atoms with Gasteiger partial charge in [0.05, 0.1) is 0 Å². The number of ether oxygens (including phenoxy) is 2. The minimum atomic E-state index is -0.734. The van der Waals surface area contributed by atoms with Crippen LogP contribution in [0.15, 0.2) is 0 Å². The Morgan fingerprint density at radius 2 is 1.86 bits per heavy atom. The Kier molecular flexibility index (Phi) is 5.08. The van der Waals surface area contributed by atoms with E-state index in [4.69, 9.17) is 9.47 Å². The van der Waals surface area contributed by atoms with Crippen molar-refractivity contribution in [2.75, 3.05) is 6.54 Å². The van der Waals surface area contributed by atoms with Crippen LogP contribution >= 0.6 is 0 Å². The molecular weight excluding hydrogens is 462 g/mol. The van der Waals surface area contributed by atoms with Gasteiger partial charge in [-0.1, -0.05) is 27.2 Å². The maximum atomic E-state index is 13.5. The first-order chi connectivity index (χ1) is 17.4. The maximum Gasteiger partial charge on any atom is 0.316 e. The molecule has 0 N–H and O–H groups in total. The molecule has 5 heteroatoms. The van der Waals surface area contributed by atoms with Crippen molar-refractivity contribution in [3.05, 3.63) is 0 Å². The quantitative estimate of drug-likeness (QED) is 0.415. The summed E-state index contributed by atoms with van der Waals surface area (Å²) >= 11 is 0. The van der Waals surface area contributed by atoms with Gasteiger partial charge < -0.3 is 9.47 Å². The summed E-state index contributed by atoms with van der Waals surface area (Å²) in [5.74, 6) is 2.78. The predicted octanol–water partition coefficient (Wildman–Crippen LogP) is 6.14. The number of piperidine rings is 2. The van der Waals surface area contributed by atoms with Crippen molar-refractivity contribution in [1.82, 2.24) is 4.90 Å². The summed E-state index contributed by atoms with van der Waals surface area (Å²) in [4.78, 5) is 28.6. The van der Waals surface area contributed by atoms with E-state index in [9.17, 15) is 9.59 Å². The van der Waals surface area contributed by atoms with Crippen LogP contribution in [-0.4, -0.2) is 46.7 Å². The third-order valence-electron chi connectivity index (χ3n) is 14.3. The third-order valence-corrected chi connectivity index (χ3v) is 14.3. The van der Waals surface area contributed by atoms with E-state index in [0.717, 1.165) is 37.0 Å². The summed E-state index contributed by atoms with van der Waals surface area (Å²) in [6, 6.07) is 0.691. The van der Waals surface area contributed by atoms with E-state index in [0.29, 0.717) is 28.3 Å². The van der Waals surface area contributed by atoms with Gasteiger partial charge in [-0.15, -0.1) is 0 Å². The second kappa shape index (κ2) is 7.55. The van der Waals surface area contributed by atoms with Gasteiger partial charge in [-0.05, 0) is 113 Å². The Balaban J connectivity index is 1.31.